The van der Waals surface area contributed by atoms with Crippen molar-refractivity contribution in [3.05, 3.63) is 30.1 Å². The molecule has 0 saturated heterocycles. The Balaban J connectivity index is 1.13. The first kappa shape index (κ1) is 32.1. The Morgan fingerprint density at radius 3 is 2.62 bits per heavy atom. The van der Waals surface area contributed by atoms with Crippen molar-refractivity contribution in [2.45, 2.75) is 107 Å². The van der Waals surface area contributed by atoms with Crippen LogP contribution in [0.3, 0.4) is 0 Å². The number of esters is 1. The maximum Gasteiger partial charge on any atom is 0.388 e. The Kier molecular flexibility index (Phi) is 10.9. The molecular formula is C34H54IN4O3+. The van der Waals surface area contributed by atoms with Crippen LogP contribution < -0.4 is 10.6 Å². The zero-order valence-corrected chi connectivity index (χ0v) is 28.2. The molecule has 5 unspecified atom stereocenters. The summed E-state index contributed by atoms with van der Waals surface area (Å²) in [6, 6.07) is 6.68. The van der Waals surface area contributed by atoms with Gasteiger partial charge in [-0.05, 0) is 130 Å². The van der Waals surface area contributed by atoms with Crippen molar-refractivity contribution < 1.29 is 12.6 Å². The molecule has 9 atom stereocenters. The van der Waals surface area contributed by atoms with Crippen LogP contribution in [0.15, 0.2) is 24.4 Å². The number of hydrogen-bond acceptors (Lipinski definition) is 6. The molecule has 1 heterocycles. The van der Waals surface area contributed by atoms with E-state index in [1.807, 2.05) is 18.3 Å². The minimum Gasteiger partial charge on any atom is -0.469 e. The number of methoxy groups -OCH3 is 1. The van der Waals surface area contributed by atoms with Gasteiger partial charge in [0.25, 0.3) is 0 Å². The monoisotopic (exact) mass is 693 g/mol. The number of alkyl halides is 1. The minimum atomic E-state index is -0.812. The molecule has 0 radical (unpaired) electrons. The molecule has 0 aromatic carbocycles. The van der Waals surface area contributed by atoms with Gasteiger partial charge in [0.05, 0.1) is 23.1 Å². The van der Waals surface area contributed by atoms with Crippen LogP contribution in [0.4, 0.5) is 0 Å². The van der Waals surface area contributed by atoms with Gasteiger partial charge in [-0.3, -0.25) is 12.8 Å². The molecule has 0 amide bonds. The number of hydrogen-bond donors (Lipinski definition) is 3. The number of carbonyl (C=O) groups excluding carboxylic acids is 1. The molecular weight excluding hydrogens is 639 g/mol. The van der Waals surface area contributed by atoms with Crippen LogP contribution in [0, 0.1) is 45.8 Å². The smallest absolute Gasteiger partial charge is 0.388 e. The second-order valence-electron chi connectivity index (χ2n) is 14.2. The van der Waals surface area contributed by atoms with E-state index in [2.05, 4.69) is 35.5 Å². The van der Waals surface area contributed by atoms with Gasteiger partial charge in [0.2, 0.25) is 0 Å². The van der Waals surface area contributed by atoms with Gasteiger partial charge in [0, 0.05) is 30.4 Å². The molecule has 1 aromatic rings. The average Bonchev–Trinajstić information content (AvgIpc) is 3.36. The van der Waals surface area contributed by atoms with E-state index in [-0.39, 0.29) is 17.3 Å². The van der Waals surface area contributed by atoms with Crippen molar-refractivity contribution >= 4 is 32.9 Å². The van der Waals surface area contributed by atoms with E-state index in [0.29, 0.717) is 51.9 Å². The Morgan fingerprint density at radius 1 is 1.07 bits per heavy atom. The van der Waals surface area contributed by atoms with Crippen LogP contribution in [0.2, 0.25) is 0 Å². The molecule has 1 aromatic heterocycles. The highest BCUT2D eigenvalue weighted by atomic mass is 127. The van der Waals surface area contributed by atoms with Gasteiger partial charge >= 0.3 is 27.2 Å². The average molecular weight is 694 g/mol. The fraction of sp³-hybridized carbons (Fsp3) is 0.794. The van der Waals surface area contributed by atoms with Crippen LogP contribution in [-0.2, 0) is 16.1 Å². The molecule has 4 aliphatic carbocycles. The highest BCUT2D eigenvalue weighted by Gasteiger charge is 2.63. The van der Waals surface area contributed by atoms with E-state index in [4.69, 9.17) is 10.1 Å². The van der Waals surface area contributed by atoms with Crippen molar-refractivity contribution in [1.82, 2.24) is 15.6 Å². The number of fused-ring (bicyclic) bond motifs is 5. The van der Waals surface area contributed by atoms with Crippen molar-refractivity contribution in [3.8, 4) is 0 Å². The Hall–Kier alpha value is -1.26. The molecule has 4 saturated carbocycles. The van der Waals surface area contributed by atoms with Gasteiger partial charge in [-0.1, -0.05) is 19.9 Å². The summed E-state index contributed by atoms with van der Waals surface area (Å²) in [4.78, 5) is 16.1. The predicted molar refractivity (Wildman–Crippen MR) is 176 cm³/mol. The topological polar surface area (TPSA) is 109 Å². The van der Waals surface area contributed by atoms with E-state index >= 15 is 0 Å². The molecule has 42 heavy (non-hydrogen) atoms. The summed E-state index contributed by atoms with van der Waals surface area (Å²) in [6.45, 7) is 8.02. The van der Waals surface area contributed by atoms with Crippen molar-refractivity contribution in [2.75, 3.05) is 20.2 Å². The Labute approximate surface area is 263 Å². The third-order valence-electron chi connectivity index (χ3n) is 12.3. The first-order chi connectivity index (χ1) is 20.3. The van der Waals surface area contributed by atoms with Gasteiger partial charge < -0.3 is 20.8 Å². The Bertz CT molecular complexity index is 1090. The maximum absolute atomic E-state index is 11.8. The molecule has 8 heteroatoms. The number of pyridine rings is 1. The first-order valence-corrected chi connectivity index (χ1v) is 18.8. The standard InChI is InChI=1S/C34H53IN4O3/c1-33-15-13-24(38-19-7-6-17-37-22-25-8-4-5-18-39-25)20-23(33)21-29(35-41)32-27-10-9-26(30(36)11-12-31(40)42-3)34(27,2)16-14-28(32)33/h4-5,8,18,23-24,26-29,32,36-38H,6-7,9-17,19-22H2,1-3H3/p+1/t23-,24-,26?,27?,28?,29?,32?,33+,34-/m1/s1. The van der Waals surface area contributed by atoms with Crippen molar-refractivity contribution in [1.29, 1.82) is 5.41 Å². The zero-order valence-electron chi connectivity index (χ0n) is 26.0. The summed E-state index contributed by atoms with van der Waals surface area (Å²) in [6.07, 6.45) is 14.8. The van der Waals surface area contributed by atoms with Crippen LogP contribution in [0.25, 0.3) is 0 Å². The molecule has 7 nitrogen and oxygen atoms in total. The number of nitrogens with zero attached hydrogens (tertiary/aromatic N) is 1. The van der Waals surface area contributed by atoms with Gasteiger partial charge in [0.15, 0.2) is 0 Å². The lowest BCUT2D eigenvalue weighted by atomic mass is 9.44. The molecule has 4 fully saturated rings. The highest BCUT2D eigenvalue weighted by molar-refractivity contribution is 14.1. The molecule has 0 bridgehead atoms. The lowest BCUT2D eigenvalue weighted by Crippen LogP contribution is -2.58. The summed E-state index contributed by atoms with van der Waals surface area (Å²) in [5, 5.41) is 16.4. The zero-order chi connectivity index (χ0) is 29.7. The van der Waals surface area contributed by atoms with Crippen LogP contribution >= 0.6 is 21.2 Å². The number of rotatable bonds is 13. The summed E-state index contributed by atoms with van der Waals surface area (Å²) in [5.74, 6) is 2.71. The number of unbranched alkanes of at least 4 members (excludes halogenated alkanes) is 1. The number of aromatic nitrogens is 1. The third kappa shape index (κ3) is 6.70. The number of nitrogens with one attached hydrogen (secondary N) is 3. The quantitative estimate of drug-likeness (QED) is 0.0528. The van der Waals surface area contributed by atoms with E-state index < -0.39 is 21.2 Å². The molecule has 0 spiro atoms. The number of halogens is 1. The predicted octanol–water partition coefficient (Wildman–Crippen LogP) is 6.78. The highest BCUT2D eigenvalue weighted by Crippen LogP contribution is 2.68. The largest absolute Gasteiger partial charge is 0.469 e. The third-order valence-corrected chi connectivity index (χ3v) is 14.3. The Morgan fingerprint density at radius 2 is 1.86 bits per heavy atom. The van der Waals surface area contributed by atoms with Gasteiger partial charge in [0.1, 0.15) is 0 Å². The number of ether oxygens (including phenoxy) is 1. The number of carbonyl (C=O) groups is 1. The summed E-state index contributed by atoms with van der Waals surface area (Å²) in [7, 11) is 1.43. The second kappa shape index (κ2) is 14.2. The second-order valence-corrected chi connectivity index (χ2v) is 16.4. The lowest BCUT2D eigenvalue weighted by molar-refractivity contribution is -0.140. The van der Waals surface area contributed by atoms with Gasteiger partial charge in [-0.15, -0.1) is 0 Å². The fourth-order valence-electron chi connectivity index (χ4n) is 9.95. The minimum absolute atomic E-state index is 0.139. The van der Waals surface area contributed by atoms with Crippen molar-refractivity contribution in [2.24, 2.45) is 40.4 Å². The van der Waals surface area contributed by atoms with E-state index in [0.717, 1.165) is 37.5 Å². The fourth-order valence-corrected chi connectivity index (χ4v) is 12.2. The van der Waals surface area contributed by atoms with Crippen molar-refractivity contribution in [3.63, 3.8) is 0 Å². The molecule has 4 N–H and O–H groups in total. The summed E-state index contributed by atoms with van der Waals surface area (Å²) >= 11 is -0.812. The van der Waals surface area contributed by atoms with Gasteiger partial charge in [-0.2, -0.15) is 0 Å². The van der Waals surface area contributed by atoms with Crippen LogP contribution in [0.5, 0.6) is 0 Å². The molecule has 4 aliphatic rings. The first-order valence-electron chi connectivity index (χ1n) is 16.6. The molecule has 234 valence electrons. The van der Waals surface area contributed by atoms with Crippen LogP contribution in [-0.4, -0.2) is 49.9 Å². The normalized spacial score (nSPS) is 37.4. The van der Waals surface area contributed by atoms with E-state index in [1.54, 1.807) is 0 Å². The van der Waals surface area contributed by atoms with Crippen LogP contribution in [0.1, 0.15) is 96.6 Å². The SMILES string of the molecule is COC(=O)CCC(=N)C1CCC2C3C(I=[OH+])C[C@H]4C[C@H](NCCCCNCc5ccccn5)CC[C@]4(C)C3CC[C@]12C. The summed E-state index contributed by atoms with van der Waals surface area (Å²) < 4.78 is 16.2. The molecule has 0 aliphatic heterocycles. The maximum atomic E-state index is 11.8. The van der Waals surface area contributed by atoms with E-state index in [1.165, 1.54) is 64.9 Å². The van der Waals surface area contributed by atoms with E-state index in [9.17, 15) is 7.86 Å². The molecule has 5 rings (SSSR count). The lowest BCUT2D eigenvalue weighted by Gasteiger charge is -2.62. The summed E-state index contributed by atoms with van der Waals surface area (Å²) in [5.41, 5.74) is 2.38. The van der Waals surface area contributed by atoms with Gasteiger partial charge in [-0.25, -0.2) is 0 Å².